The second kappa shape index (κ2) is 4.01. The predicted octanol–water partition coefficient (Wildman–Crippen LogP) is 1.99. The van der Waals surface area contributed by atoms with Gasteiger partial charge in [0.05, 0.1) is 11.5 Å². The Morgan fingerprint density at radius 1 is 1.24 bits per heavy atom. The molecule has 0 atom stereocenters. The van der Waals surface area contributed by atoms with Gasteiger partial charge in [0, 0.05) is 6.07 Å². The molecule has 0 amide bonds. The summed E-state index contributed by atoms with van der Waals surface area (Å²) in [5.74, 6) is -0.733. The van der Waals surface area contributed by atoms with Gasteiger partial charge in [-0.05, 0) is 26.0 Å². The van der Waals surface area contributed by atoms with Crippen LogP contribution in [0.5, 0.6) is 17.2 Å². The summed E-state index contributed by atoms with van der Waals surface area (Å²) in [6.45, 7) is 3.74. The predicted molar refractivity (Wildman–Crippen MR) is 61.6 cm³/mol. The van der Waals surface area contributed by atoms with Gasteiger partial charge in [-0.1, -0.05) is 0 Å². The topological polar surface area (TPSA) is 79.9 Å². The minimum Gasteiger partial charge on any atom is -0.504 e. The smallest absolute Gasteiger partial charge is 0.382 e. The highest BCUT2D eigenvalue weighted by atomic mass is 16.5. The second-order valence-electron chi connectivity index (χ2n) is 3.91. The summed E-state index contributed by atoms with van der Waals surface area (Å²) in [6, 6.07) is 4.64. The highest BCUT2D eigenvalue weighted by Gasteiger charge is 2.13. The van der Waals surface area contributed by atoms with Gasteiger partial charge in [0.15, 0.2) is 5.75 Å². The average molecular weight is 236 g/mol. The third-order valence-electron chi connectivity index (χ3n) is 2.20. The highest BCUT2D eigenvalue weighted by Crippen LogP contribution is 2.32. The minimum atomic E-state index is -0.975. The van der Waals surface area contributed by atoms with E-state index in [0.29, 0.717) is 5.75 Å². The third-order valence-corrected chi connectivity index (χ3v) is 2.20. The van der Waals surface area contributed by atoms with Crippen molar-refractivity contribution in [2.45, 2.75) is 20.0 Å². The van der Waals surface area contributed by atoms with Gasteiger partial charge >= 0.3 is 5.63 Å². The Morgan fingerprint density at radius 3 is 2.59 bits per heavy atom. The first-order valence-electron chi connectivity index (χ1n) is 5.14. The molecule has 2 aromatic rings. The fraction of sp³-hybridized carbons (Fsp3) is 0.250. The van der Waals surface area contributed by atoms with E-state index in [4.69, 9.17) is 9.15 Å². The summed E-state index contributed by atoms with van der Waals surface area (Å²) in [6.07, 6.45) is -0.00937. The maximum atomic E-state index is 11.2. The summed E-state index contributed by atoms with van der Waals surface area (Å²) < 4.78 is 10.3. The molecule has 1 aromatic carbocycles. The fourth-order valence-electron chi connectivity index (χ4n) is 1.50. The normalized spacial score (nSPS) is 11.0. The van der Waals surface area contributed by atoms with Crippen LogP contribution in [0, 0.1) is 0 Å². The van der Waals surface area contributed by atoms with Crippen molar-refractivity contribution < 1.29 is 19.4 Å². The zero-order valence-electron chi connectivity index (χ0n) is 9.43. The van der Waals surface area contributed by atoms with Crippen molar-refractivity contribution in [1.82, 2.24) is 0 Å². The largest absolute Gasteiger partial charge is 0.504 e. The Morgan fingerprint density at radius 2 is 1.94 bits per heavy atom. The van der Waals surface area contributed by atoms with Crippen LogP contribution < -0.4 is 10.4 Å². The maximum absolute atomic E-state index is 11.2. The molecular weight excluding hydrogens is 224 g/mol. The van der Waals surface area contributed by atoms with E-state index in [0.717, 1.165) is 0 Å². The van der Waals surface area contributed by atoms with E-state index in [-0.39, 0.29) is 17.1 Å². The van der Waals surface area contributed by atoms with Crippen LogP contribution in [0.3, 0.4) is 0 Å². The molecule has 0 unspecified atom stereocenters. The molecule has 0 spiro atoms. The molecule has 0 aliphatic rings. The molecule has 0 radical (unpaired) electrons. The van der Waals surface area contributed by atoms with Crippen LogP contribution in [0.25, 0.3) is 11.0 Å². The summed E-state index contributed by atoms with van der Waals surface area (Å²) in [5, 5.41) is 19.1. The lowest BCUT2D eigenvalue weighted by Crippen LogP contribution is -2.05. The monoisotopic (exact) mass is 236 g/mol. The molecule has 5 heteroatoms. The van der Waals surface area contributed by atoms with Crippen LogP contribution in [0.15, 0.2) is 27.4 Å². The van der Waals surface area contributed by atoms with Crippen LogP contribution >= 0.6 is 0 Å². The van der Waals surface area contributed by atoms with E-state index in [9.17, 15) is 15.0 Å². The first kappa shape index (κ1) is 11.3. The Hall–Kier alpha value is -2.17. The molecule has 5 nitrogen and oxygen atoms in total. The number of fused-ring (bicyclic) bond motifs is 1. The lowest BCUT2D eigenvalue weighted by Gasteiger charge is -2.10. The van der Waals surface area contributed by atoms with Crippen LogP contribution in [0.4, 0.5) is 0 Å². The third kappa shape index (κ3) is 2.04. The number of benzene rings is 1. The van der Waals surface area contributed by atoms with Gasteiger partial charge in [-0.25, -0.2) is 4.79 Å². The second-order valence-corrected chi connectivity index (χ2v) is 3.91. The Balaban J connectivity index is 2.63. The van der Waals surface area contributed by atoms with E-state index >= 15 is 0 Å². The molecule has 0 aliphatic heterocycles. The fourth-order valence-corrected chi connectivity index (χ4v) is 1.50. The zero-order valence-corrected chi connectivity index (χ0v) is 9.43. The van der Waals surface area contributed by atoms with Crippen molar-refractivity contribution in [3.8, 4) is 17.2 Å². The van der Waals surface area contributed by atoms with Gasteiger partial charge in [0.1, 0.15) is 11.3 Å². The molecule has 0 aliphatic carbocycles. The molecule has 17 heavy (non-hydrogen) atoms. The van der Waals surface area contributed by atoms with E-state index in [1.54, 1.807) is 6.07 Å². The van der Waals surface area contributed by atoms with E-state index < -0.39 is 17.1 Å². The molecule has 2 N–H and O–H groups in total. The van der Waals surface area contributed by atoms with Crippen molar-refractivity contribution >= 4 is 11.0 Å². The number of rotatable bonds is 2. The van der Waals surface area contributed by atoms with Crippen molar-refractivity contribution in [2.75, 3.05) is 0 Å². The van der Waals surface area contributed by atoms with Crippen molar-refractivity contribution in [2.24, 2.45) is 0 Å². The minimum absolute atomic E-state index is 0.00937. The Bertz CT molecular complexity index is 612. The molecule has 0 fully saturated rings. The molecule has 1 heterocycles. The number of ether oxygens (including phenoxy) is 1. The molecule has 0 saturated heterocycles. The highest BCUT2D eigenvalue weighted by molar-refractivity contribution is 5.86. The summed E-state index contributed by atoms with van der Waals surface area (Å²) in [7, 11) is 0. The van der Waals surface area contributed by atoms with E-state index in [1.807, 2.05) is 13.8 Å². The van der Waals surface area contributed by atoms with Crippen LogP contribution in [0.2, 0.25) is 0 Å². The van der Waals surface area contributed by atoms with Gasteiger partial charge in [-0.3, -0.25) is 0 Å². The van der Waals surface area contributed by atoms with Crippen LogP contribution in [-0.4, -0.2) is 16.3 Å². The average Bonchev–Trinajstić information content (AvgIpc) is 2.25. The molecule has 0 saturated carbocycles. The van der Waals surface area contributed by atoms with Crippen molar-refractivity contribution in [3.05, 3.63) is 28.6 Å². The van der Waals surface area contributed by atoms with Gasteiger partial charge in [0.25, 0.3) is 0 Å². The number of hydrogen-bond acceptors (Lipinski definition) is 5. The first-order valence-corrected chi connectivity index (χ1v) is 5.14. The summed E-state index contributed by atoms with van der Waals surface area (Å²) >= 11 is 0. The zero-order chi connectivity index (χ0) is 12.6. The molecule has 1 aromatic heterocycles. The van der Waals surface area contributed by atoms with E-state index in [2.05, 4.69) is 0 Å². The van der Waals surface area contributed by atoms with Crippen LogP contribution in [0.1, 0.15) is 13.8 Å². The van der Waals surface area contributed by atoms with Gasteiger partial charge in [0.2, 0.25) is 5.75 Å². The summed E-state index contributed by atoms with van der Waals surface area (Å²) in [4.78, 5) is 11.2. The summed E-state index contributed by atoms with van der Waals surface area (Å²) in [5.41, 5.74) is -0.805. The Labute approximate surface area is 96.9 Å². The first-order chi connectivity index (χ1) is 7.99. The maximum Gasteiger partial charge on any atom is 0.382 e. The van der Waals surface area contributed by atoms with Gasteiger partial charge in [-0.2, -0.15) is 0 Å². The quantitative estimate of drug-likeness (QED) is 0.779. The van der Waals surface area contributed by atoms with E-state index in [1.165, 1.54) is 12.1 Å². The van der Waals surface area contributed by atoms with Crippen molar-refractivity contribution in [3.63, 3.8) is 0 Å². The van der Waals surface area contributed by atoms with Crippen molar-refractivity contribution in [1.29, 1.82) is 0 Å². The SMILES string of the molecule is CC(C)Oc1ccc2c(O)c(O)c(=O)oc2c1. The van der Waals surface area contributed by atoms with Gasteiger partial charge < -0.3 is 19.4 Å². The van der Waals surface area contributed by atoms with Crippen LogP contribution in [-0.2, 0) is 0 Å². The molecule has 2 rings (SSSR count). The van der Waals surface area contributed by atoms with Gasteiger partial charge in [-0.15, -0.1) is 0 Å². The standard InChI is InChI=1S/C12H12O5/c1-6(2)16-7-3-4-8-9(5-7)17-12(15)11(14)10(8)13/h3-6,13-14H,1-2H3. The Kier molecular flexibility index (Phi) is 2.67. The number of aromatic hydroxyl groups is 2. The lowest BCUT2D eigenvalue weighted by molar-refractivity contribution is 0.242. The molecule has 0 bridgehead atoms. The number of hydrogen-bond donors (Lipinski definition) is 2. The lowest BCUT2D eigenvalue weighted by atomic mass is 10.2. The molecule has 90 valence electrons. The molecular formula is C12H12O5.